The zero-order chi connectivity index (χ0) is 34.2. The molecule has 11 aromatic rings. The molecule has 0 aliphatic rings. The first-order valence-corrected chi connectivity index (χ1v) is 17.9. The summed E-state index contributed by atoms with van der Waals surface area (Å²) in [5, 5.41) is 10.1. The molecular weight excluding hydrogens is 629 g/mol. The normalized spacial score (nSPS) is 11.8. The predicted octanol–water partition coefficient (Wildman–Crippen LogP) is 13.5. The second kappa shape index (κ2) is 11.3. The number of hydrogen-bond donors (Lipinski definition) is 0. The molecule has 52 heavy (non-hydrogen) atoms. The lowest BCUT2D eigenvalue weighted by Crippen LogP contribution is -1.94. The Kier molecular flexibility index (Phi) is 6.28. The number of para-hydroxylation sites is 2. The van der Waals surface area contributed by atoms with Gasteiger partial charge in [0.1, 0.15) is 0 Å². The summed E-state index contributed by atoms with van der Waals surface area (Å²) in [6.45, 7) is 0. The third-order valence-electron chi connectivity index (χ3n) is 10.9. The Balaban J connectivity index is 1.09. The second-order valence-corrected chi connectivity index (χ2v) is 13.8. The lowest BCUT2D eigenvalue weighted by atomic mass is 9.99. The Labute approximate surface area is 301 Å². The summed E-state index contributed by atoms with van der Waals surface area (Å²) in [5.41, 5.74) is 12.1. The fourth-order valence-corrected chi connectivity index (χ4v) is 8.43. The van der Waals surface area contributed by atoms with E-state index in [1.807, 2.05) is 0 Å². The third-order valence-corrected chi connectivity index (χ3v) is 10.9. The first-order valence-electron chi connectivity index (χ1n) is 17.9. The van der Waals surface area contributed by atoms with E-state index in [0.717, 1.165) is 5.69 Å². The molecule has 0 radical (unpaired) electrons. The fraction of sp³-hybridized carbons (Fsp3) is 0. The number of nitrogens with zero attached hydrogens (tertiary/aromatic N) is 2. The van der Waals surface area contributed by atoms with Gasteiger partial charge in [-0.25, -0.2) is 0 Å². The van der Waals surface area contributed by atoms with Crippen molar-refractivity contribution in [3.8, 4) is 33.6 Å². The van der Waals surface area contributed by atoms with Crippen molar-refractivity contribution < 1.29 is 0 Å². The highest BCUT2D eigenvalue weighted by atomic mass is 15.0. The van der Waals surface area contributed by atoms with Gasteiger partial charge in [-0.1, -0.05) is 127 Å². The largest absolute Gasteiger partial charge is 0.309 e. The Hall–Kier alpha value is -6.90. The first kappa shape index (κ1) is 28.9. The number of fused-ring (bicyclic) bond motifs is 9. The quantitative estimate of drug-likeness (QED) is 0.178. The van der Waals surface area contributed by atoms with Crippen molar-refractivity contribution in [1.82, 2.24) is 9.13 Å². The van der Waals surface area contributed by atoms with Crippen LogP contribution in [0.2, 0.25) is 0 Å². The fourth-order valence-electron chi connectivity index (χ4n) is 8.43. The van der Waals surface area contributed by atoms with E-state index in [4.69, 9.17) is 0 Å². The van der Waals surface area contributed by atoms with Crippen molar-refractivity contribution in [2.75, 3.05) is 0 Å². The van der Waals surface area contributed by atoms with Gasteiger partial charge in [0, 0.05) is 32.9 Å². The summed E-state index contributed by atoms with van der Waals surface area (Å²) >= 11 is 0. The highest BCUT2D eigenvalue weighted by molar-refractivity contribution is 6.22. The maximum atomic E-state index is 2.43. The van der Waals surface area contributed by atoms with Crippen LogP contribution in [0, 0.1) is 0 Å². The maximum Gasteiger partial charge on any atom is 0.0547 e. The first-order chi connectivity index (χ1) is 25.8. The molecule has 11 rings (SSSR count). The van der Waals surface area contributed by atoms with Gasteiger partial charge in [0.05, 0.1) is 22.1 Å². The molecule has 2 aromatic heterocycles. The van der Waals surface area contributed by atoms with Crippen LogP contribution in [0.1, 0.15) is 0 Å². The van der Waals surface area contributed by atoms with Crippen LogP contribution >= 0.6 is 0 Å². The molecule has 242 valence electrons. The SMILES string of the molecule is c1ccc(-n2c3ccccc3c3cc(-c4ccc5c(c4)c4c6ccccc6ccc4n5-c4ccc(-c5ccc6ccccc6c5)cc4)ccc32)cc1. The molecule has 2 nitrogen and oxygen atoms in total. The molecule has 2 heterocycles. The van der Waals surface area contributed by atoms with Crippen LogP contribution in [-0.4, -0.2) is 9.13 Å². The van der Waals surface area contributed by atoms with Crippen LogP contribution < -0.4 is 0 Å². The average molecular weight is 661 g/mol. The van der Waals surface area contributed by atoms with E-state index in [2.05, 4.69) is 203 Å². The minimum Gasteiger partial charge on any atom is -0.309 e. The predicted molar refractivity (Wildman–Crippen MR) is 221 cm³/mol. The van der Waals surface area contributed by atoms with Crippen molar-refractivity contribution in [1.29, 1.82) is 0 Å². The molecule has 0 bridgehead atoms. The molecule has 2 heteroatoms. The Morgan fingerprint density at radius 2 is 0.750 bits per heavy atom. The molecule has 0 N–H and O–H groups in total. The zero-order valence-electron chi connectivity index (χ0n) is 28.4. The lowest BCUT2D eigenvalue weighted by Gasteiger charge is -2.11. The van der Waals surface area contributed by atoms with Crippen molar-refractivity contribution in [3.05, 3.63) is 194 Å². The van der Waals surface area contributed by atoms with Crippen LogP contribution in [0.5, 0.6) is 0 Å². The van der Waals surface area contributed by atoms with Gasteiger partial charge in [-0.05, 0) is 111 Å². The monoisotopic (exact) mass is 660 g/mol. The zero-order valence-corrected chi connectivity index (χ0v) is 28.4. The number of rotatable bonds is 4. The number of hydrogen-bond acceptors (Lipinski definition) is 0. The standard InChI is InChI=1S/C50H32N2/c1-2-13-40(14-3-1)51-46-17-9-8-16-43(46)44-31-38(23-27-47(44)51)39-24-28-48-45(32-39)50-42-15-7-6-11-35(42)22-29-49(50)52(48)41-25-20-34(21-26-41)37-19-18-33-10-4-5-12-36(33)30-37/h1-32H. The molecule has 0 unspecified atom stereocenters. The number of benzene rings is 9. The maximum absolute atomic E-state index is 2.43. The smallest absolute Gasteiger partial charge is 0.0547 e. The van der Waals surface area contributed by atoms with Crippen LogP contribution in [0.3, 0.4) is 0 Å². The van der Waals surface area contributed by atoms with Crippen LogP contribution in [0.15, 0.2) is 194 Å². The highest BCUT2D eigenvalue weighted by Crippen LogP contribution is 2.41. The molecule has 0 aliphatic carbocycles. The Morgan fingerprint density at radius 1 is 0.250 bits per heavy atom. The summed E-state index contributed by atoms with van der Waals surface area (Å²) in [5.74, 6) is 0. The van der Waals surface area contributed by atoms with E-state index >= 15 is 0 Å². The van der Waals surface area contributed by atoms with Crippen LogP contribution in [-0.2, 0) is 0 Å². The van der Waals surface area contributed by atoms with Gasteiger partial charge in [-0.2, -0.15) is 0 Å². The van der Waals surface area contributed by atoms with E-state index in [0.29, 0.717) is 0 Å². The van der Waals surface area contributed by atoms with Crippen molar-refractivity contribution in [3.63, 3.8) is 0 Å². The molecule has 0 fully saturated rings. The van der Waals surface area contributed by atoms with Crippen molar-refractivity contribution in [2.24, 2.45) is 0 Å². The molecule has 0 spiro atoms. The molecule has 0 atom stereocenters. The van der Waals surface area contributed by atoms with Gasteiger partial charge >= 0.3 is 0 Å². The molecule has 9 aromatic carbocycles. The molecular formula is C50H32N2. The van der Waals surface area contributed by atoms with Crippen molar-refractivity contribution in [2.45, 2.75) is 0 Å². The number of aromatic nitrogens is 2. The highest BCUT2D eigenvalue weighted by Gasteiger charge is 2.18. The lowest BCUT2D eigenvalue weighted by molar-refractivity contribution is 1.18. The molecule has 0 saturated heterocycles. The molecule has 0 aliphatic heterocycles. The summed E-state index contributed by atoms with van der Waals surface area (Å²) in [6, 6.07) is 71.0. The van der Waals surface area contributed by atoms with E-state index in [-0.39, 0.29) is 0 Å². The minimum atomic E-state index is 1.16. The second-order valence-electron chi connectivity index (χ2n) is 13.8. The van der Waals surface area contributed by atoms with E-state index < -0.39 is 0 Å². The van der Waals surface area contributed by atoms with Crippen LogP contribution in [0.4, 0.5) is 0 Å². The molecule has 0 saturated carbocycles. The third kappa shape index (κ3) is 4.38. The van der Waals surface area contributed by atoms with Gasteiger partial charge in [0.2, 0.25) is 0 Å². The summed E-state index contributed by atoms with van der Waals surface area (Å²) in [6.07, 6.45) is 0. The van der Waals surface area contributed by atoms with Gasteiger partial charge in [-0.3, -0.25) is 0 Å². The van der Waals surface area contributed by atoms with Gasteiger partial charge in [0.15, 0.2) is 0 Å². The Bertz CT molecular complexity index is 3160. The molecule has 0 amide bonds. The summed E-state index contributed by atoms with van der Waals surface area (Å²) < 4.78 is 4.81. The Morgan fingerprint density at radius 3 is 1.56 bits per heavy atom. The summed E-state index contributed by atoms with van der Waals surface area (Å²) in [4.78, 5) is 0. The average Bonchev–Trinajstić information content (AvgIpc) is 3.73. The van der Waals surface area contributed by atoms with E-state index in [9.17, 15) is 0 Å². The van der Waals surface area contributed by atoms with E-state index in [1.165, 1.54) is 93.1 Å². The van der Waals surface area contributed by atoms with Crippen LogP contribution in [0.25, 0.3) is 98.8 Å². The van der Waals surface area contributed by atoms with Crippen molar-refractivity contribution >= 4 is 65.2 Å². The van der Waals surface area contributed by atoms with Gasteiger partial charge < -0.3 is 9.13 Å². The van der Waals surface area contributed by atoms with E-state index in [1.54, 1.807) is 0 Å². The topological polar surface area (TPSA) is 9.86 Å². The van der Waals surface area contributed by atoms with Gasteiger partial charge in [0.25, 0.3) is 0 Å². The van der Waals surface area contributed by atoms with Gasteiger partial charge in [-0.15, -0.1) is 0 Å². The minimum absolute atomic E-state index is 1.16. The summed E-state index contributed by atoms with van der Waals surface area (Å²) in [7, 11) is 0.